The number of carbonyl (C=O) groups excluding carboxylic acids is 1. The van der Waals surface area contributed by atoms with Crippen LogP contribution in [0.1, 0.15) is 25.1 Å². The minimum Gasteiger partial charge on any atom is -0.362 e. The van der Waals surface area contributed by atoms with Crippen molar-refractivity contribution in [3.8, 4) is 0 Å². The summed E-state index contributed by atoms with van der Waals surface area (Å²) in [6.07, 6.45) is 1.08. The number of carbonyl (C=O) groups is 1. The van der Waals surface area contributed by atoms with Gasteiger partial charge in [-0.05, 0) is 25.8 Å². The number of piperidine rings is 1. The van der Waals surface area contributed by atoms with E-state index in [1.165, 1.54) is 0 Å². The third-order valence-corrected chi connectivity index (χ3v) is 3.20. The Morgan fingerprint density at radius 3 is 3.05 bits per heavy atom. The Kier molecular flexibility index (Phi) is 6.90. The van der Waals surface area contributed by atoms with E-state index < -0.39 is 0 Å². The van der Waals surface area contributed by atoms with Crippen molar-refractivity contribution in [2.45, 2.75) is 32.9 Å². The zero-order valence-corrected chi connectivity index (χ0v) is 12.5. The molecule has 1 amide bonds. The molecular formula is C12H21ClN4O3. The lowest BCUT2D eigenvalue weighted by Gasteiger charge is -2.30. The van der Waals surface area contributed by atoms with Gasteiger partial charge in [0, 0.05) is 12.6 Å². The van der Waals surface area contributed by atoms with E-state index in [4.69, 9.17) is 9.26 Å². The Labute approximate surface area is 124 Å². The smallest absolute Gasteiger partial charge is 0.252 e. The topological polar surface area (TPSA) is 89.3 Å². The number of ether oxygens (including phenoxy) is 1. The lowest BCUT2D eigenvalue weighted by atomic mass is 9.95. The number of amides is 1. The number of aryl methyl sites for hydroxylation is 1. The van der Waals surface area contributed by atoms with Crippen molar-refractivity contribution < 1.29 is 14.1 Å². The highest BCUT2D eigenvalue weighted by molar-refractivity contribution is 5.85. The predicted molar refractivity (Wildman–Crippen MR) is 74.5 cm³/mol. The monoisotopic (exact) mass is 304 g/mol. The lowest BCUT2D eigenvalue weighted by molar-refractivity contribution is -0.127. The summed E-state index contributed by atoms with van der Waals surface area (Å²) >= 11 is 0. The van der Waals surface area contributed by atoms with E-state index in [0.29, 0.717) is 17.6 Å². The second-order valence-electron chi connectivity index (χ2n) is 4.87. The van der Waals surface area contributed by atoms with Crippen LogP contribution in [0.5, 0.6) is 0 Å². The van der Waals surface area contributed by atoms with Gasteiger partial charge < -0.3 is 19.9 Å². The largest absolute Gasteiger partial charge is 0.362 e. The van der Waals surface area contributed by atoms with Gasteiger partial charge in [-0.15, -0.1) is 12.4 Å². The molecule has 0 spiro atoms. The maximum absolute atomic E-state index is 11.7. The van der Waals surface area contributed by atoms with E-state index in [2.05, 4.69) is 27.7 Å². The van der Waals surface area contributed by atoms with Gasteiger partial charge in [0.1, 0.15) is 13.2 Å². The van der Waals surface area contributed by atoms with E-state index in [9.17, 15) is 4.79 Å². The summed E-state index contributed by atoms with van der Waals surface area (Å²) in [6.45, 7) is 5.87. The molecule has 114 valence electrons. The van der Waals surface area contributed by atoms with E-state index in [1.807, 2.05) is 0 Å². The SMILES string of the molecule is Cc1noc(COCC(=O)NC2CNCCC2C)n1.Cl. The molecule has 2 N–H and O–H groups in total. The van der Waals surface area contributed by atoms with E-state index >= 15 is 0 Å². The Bertz CT molecular complexity index is 427. The van der Waals surface area contributed by atoms with Crippen molar-refractivity contribution in [1.82, 2.24) is 20.8 Å². The Morgan fingerprint density at radius 1 is 1.60 bits per heavy atom. The van der Waals surface area contributed by atoms with Crippen molar-refractivity contribution in [3.05, 3.63) is 11.7 Å². The van der Waals surface area contributed by atoms with Gasteiger partial charge in [-0.25, -0.2) is 0 Å². The van der Waals surface area contributed by atoms with Gasteiger partial charge in [0.05, 0.1) is 0 Å². The molecule has 1 aromatic rings. The minimum absolute atomic E-state index is 0. The molecular weight excluding hydrogens is 284 g/mol. The molecule has 1 fully saturated rings. The zero-order chi connectivity index (χ0) is 13.7. The third-order valence-electron chi connectivity index (χ3n) is 3.20. The molecule has 2 rings (SSSR count). The fraction of sp³-hybridized carbons (Fsp3) is 0.750. The molecule has 0 saturated carbocycles. The van der Waals surface area contributed by atoms with E-state index in [0.717, 1.165) is 19.5 Å². The molecule has 2 unspecified atom stereocenters. The van der Waals surface area contributed by atoms with Crippen LogP contribution >= 0.6 is 12.4 Å². The molecule has 1 aliphatic heterocycles. The summed E-state index contributed by atoms with van der Waals surface area (Å²) in [5, 5.41) is 9.88. The van der Waals surface area contributed by atoms with Crippen LogP contribution in [0.25, 0.3) is 0 Å². The highest BCUT2D eigenvalue weighted by Gasteiger charge is 2.22. The molecule has 0 radical (unpaired) electrons. The molecule has 1 aromatic heterocycles. The molecule has 0 aromatic carbocycles. The van der Waals surface area contributed by atoms with Crippen molar-refractivity contribution >= 4 is 18.3 Å². The Balaban J connectivity index is 0.00000200. The predicted octanol–water partition coefficient (Wildman–Crippen LogP) is 0.431. The molecule has 2 heterocycles. The first-order valence-corrected chi connectivity index (χ1v) is 6.52. The van der Waals surface area contributed by atoms with Gasteiger partial charge in [0.15, 0.2) is 5.82 Å². The van der Waals surface area contributed by atoms with Crippen molar-refractivity contribution in [3.63, 3.8) is 0 Å². The molecule has 1 saturated heterocycles. The van der Waals surface area contributed by atoms with E-state index in [-0.39, 0.29) is 37.6 Å². The van der Waals surface area contributed by atoms with Crippen molar-refractivity contribution in [1.29, 1.82) is 0 Å². The molecule has 1 aliphatic rings. The van der Waals surface area contributed by atoms with Crippen LogP contribution in [0.3, 0.4) is 0 Å². The number of nitrogens with zero attached hydrogens (tertiary/aromatic N) is 2. The molecule has 7 nitrogen and oxygen atoms in total. The van der Waals surface area contributed by atoms with E-state index in [1.54, 1.807) is 6.92 Å². The first kappa shape index (κ1) is 16.9. The maximum Gasteiger partial charge on any atom is 0.252 e. The molecule has 8 heteroatoms. The third kappa shape index (κ3) is 5.07. The Morgan fingerprint density at radius 2 is 2.40 bits per heavy atom. The van der Waals surface area contributed by atoms with Gasteiger partial charge in [-0.2, -0.15) is 4.98 Å². The van der Waals surface area contributed by atoms with Gasteiger partial charge in [-0.3, -0.25) is 4.79 Å². The van der Waals surface area contributed by atoms with Gasteiger partial charge >= 0.3 is 0 Å². The minimum atomic E-state index is -0.114. The van der Waals surface area contributed by atoms with Crippen molar-refractivity contribution in [2.75, 3.05) is 19.7 Å². The summed E-state index contributed by atoms with van der Waals surface area (Å²) in [4.78, 5) is 15.7. The van der Waals surface area contributed by atoms with Crippen LogP contribution in [-0.2, 0) is 16.1 Å². The summed E-state index contributed by atoms with van der Waals surface area (Å²) in [5.74, 6) is 1.32. The number of halogens is 1. The normalized spacial score (nSPS) is 22.1. The van der Waals surface area contributed by atoms with Gasteiger partial charge in [-0.1, -0.05) is 12.1 Å². The zero-order valence-electron chi connectivity index (χ0n) is 11.7. The van der Waals surface area contributed by atoms with Crippen LogP contribution in [0, 0.1) is 12.8 Å². The lowest BCUT2D eigenvalue weighted by Crippen LogP contribution is -2.51. The number of hydrogen-bond donors (Lipinski definition) is 2. The summed E-state index contributed by atoms with van der Waals surface area (Å²) in [6, 6.07) is 0.176. The highest BCUT2D eigenvalue weighted by Crippen LogP contribution is 2.10. The molecule has 0 bridgehead atoms. The van der Waals surface area contributed by atoms with Gasteiger partial charge in [0.25, 0.3) is 5.89 Å². The average molecular weight is 305 g/mol. The fourth-order valence-electron chi connectivity index (χ4n) is 2.06. The van der Waals surface area contributed by atoms with Crippen LogP contribution in [0.4, 0.5) is 0 Å². The second-order valence-corrected chi connectivity index (χ2v) is 4.87. The van der Waals surface area contributed by atoms with Gasteiger partial charge in [0.2, 0.25) is 5.91 Å². The first-order valence-electron chi connectivity index (χ1n) is 6.52. The number of aromatic nitrogens is 2. The summed E-state index contributed by atoms with van der Waals surface area (Å²) in [5.41, 5.74) is 0. The van der Waals surface area contributed by atoms with Crippen LogP contribution in [0.2, 0.25) is 0 Å². The van der Waals surface area contributed by atoms with Crippen molar-refractivity contribution in [2.24, 2.45) is 5.92 Å². The standard InChI is InChI=1S/C12H20N4O3.ClH/c1-8-3-4-13-5-10(8)15-11(17)6-18-7-12-14-9(2)16-19-12;/h8,10,13H,3-7H2,1-2H3,(H,15,17);1H. The van der Waals surface area contributed by atoms with Crippen LogP contribution in [0.15, 0.2) is 4.52 Å². The number of rotatable bonds is 5. The molecule has 20 heavy (non-hydrogen) atoms. The number of nitrogens with one attached hydrogen (secondary N) is 2. The first-order chi connectivity index (χ1) is 9.15. The molecule has 2 atom stereocenters. The summed E-state index contributed by atoms with van der Waals surface area (Å²) in [7, 11) is 0. The second kappa shape index (κ2) is 8.18. The number of hydrogen-bond acceptors (Lipinski definition) is 6. The molecule has 0 aliphatic carbocycles. The fourth-order valence-corrected chi connectivity index (χ4v) is 2.06. The maximum atomic E-state index is 11.7. The van der Waals surface area contributed by atoms with Crippen LogP contribution < -0.4 is 10.6 Å². The summed E-state index contributed by atoms with van der Waals surface area (Å²) < 4.78 is 10.1. The average Bonchev–Trinajstić information content (AvgIpc) is 2.78. The quantitative estimate of drug-likeness (QED) is 0.820. The van der Waals surface area contributed by atoms with Crippen LogP contribution in [-0.4, -0.2) is 41.8 Å². The Hall–Kier alpha value is -1.18. The highest BCUT2D eigenvalue weighted by atomic mass is 35.5.